The molecule has 0 saturated heterocycles. The van der Waals surface area contributed by atoms with E-state index < -0.39 is 0 Å². The van der Waals surface area contributed by atoms with Gasteiger partial charge < -0.3 is 4.90 Å². The van der Waals surface area contributed by atoms with E-state index in [4.69, 9.17) is 5.10 Å². The number of aryl methyl sites for hydroxylation is 2. The van der Waals surface area contributed by atoms with E-state index in [0.717, 1.165) is 40.0 Å². The number of pyridine rings is 2. The number of hydrogen-bond acceptors (Lipinski definition) is 7. The van der Waals surface area contributed by atoms with Gasteiger partial charge in [0.25, 0.3) is 0 Å². The van der Waals surface area contributed by atoms with Crippen molar-refractivity contribution in [3.05, 3.63) is 88.1 Å². The van der Waals surface area contributed by atoms with Gasteiger partial charge in [-0.1, -0.05) is 12.1 Å². The van der Waals surface area contributed by atoms with Crippen molar-refractivity contribution in [2.75, 3.05) is 4.90 Å². The molecule has 5 aromatic rings. The number of rotatable bonds is 6. The summed E-state index contributed by atoms with van der Waals surface area (Å²) in [4.78, 5) is 11.6. The van der Waals surface area contributed by atoms with Crippen LogP contribution in [0.4, 0.5) is 5.82 Å². The van der Waals surface area contributed by atoms with E-state index in [9.17, 15) is 0 Å². The molecule has 0 bridgehead atoms. The molecule has 0 saturated carbocycles. The summed E-state index contributed by atoms with van der Waals surface area (Å²) in [5.41, 5.74) is 5.68. The summed E-state index contributed by atoms with van der Waals surface area (Å²) in [5.74, 6) is 1.55. The number of aromatic nitrogens is 6. The largest absolute Gasteiger partial charge is 0.343 e. The molecule has 0 radical (unpaired) electrons. The quantitative estimate of drug-likeness (QED) is 0.398. The van der Waals surface area contributed by atoms with Gasteiger partial charge in [0.1, 0.15) is 5.82 Å². The first-order chi connectivity index (χ1) is 15.2. The lowest BCUT2D eigenvalue weighted by Crippen LogP contribution is -2.25. The monoisotopic (exact) mass is 427 g/mol. The minimum Gasteiger partial charge on any atom is -0.343 e. The predicted molar refractivity (Wildman–Crippen MR) is 122 cm³/mol. The maximum absolute atomic E-state index is 4.90. The molecule has 0 aromatic carbocycles. The first-order valence-electron chi connectivity index (χ1n) is 10.0. The molecule has 5 heterocycles. The van der Waals surface area contributed by atoms with Gasteiger partial charge in [0, 0.05) is 22.3 Å². The van der Waals surface area contributed by atoms with Crippen molar-refractivity contribution in [1.82, 2.24) is 29.8 Å². The maximum atomic E-state index is 4.90. The first kappa shape index (κ1) is 19.3. The molecule has 0 N–H and O–H groups in total. The summed E-state index contributed by atoms with van der Waals surface area (Å²) in [7, 11) is 0. The van der Waals surface area contributed by atoms with Crippen molar-refractivity contribution in [3.8, 4) is 11.4 Å². The lowest BCUT2D eigenvalue weighted by atomic mass is 10.2. The molecule has 5 aromatic heterocycles. The fourth-order valence-corrected chi connectivity index (χ4v) is 4.14. The summed E-state index contributed by atoms with van der Waals surface area (Å²) in [6.45, 7) is 5.24. The van der Waals surface area contributed by atoms with Gasteiger partial charge in [-0.2, -0.15) is 15.9 Å². The summed E-state index contributed by atoms with van der Waals surface area (Å²) >= 11 is 1.63. The van der Waals surface area contributed by atoms with Crippen molar-refractivity contribution >= 4 is 22.8 Å². The second-order valence-corrected chi connectivity index (χ2v) is 8.17. The van der Waals surface area contributed by atoms with Gasteiger partial charge in [-0.25, -0.2) is 0 Å². The highest BCUT2D eigenvalue weighted by molar-refractivity contribution is 7.08. The van der Waals surface area contributed by atoms with Gasteiger partial charge in [0.15, 0.2) is 11.5 Å². The van der Waals surface area contributed by atoms with E-state index in [1.807, 2.05) is 73.8 Å². The number of fused-ring (bicyclic) bond motifs is 1. The van der Waals surface area contributed by atoms with Crippen molar-refractivity contribution in [1.29, 1.82) is 0 Å². The minimum atomic E-state index is 0.617. The molecule has 8 heteroatoms. The summed E-state index contributed by atoms with van der Waals surface area (Å²) < 4.78 is 1.80. The van der Waals surface area contributed by atoms with Crippen molar-refractivity contribution in [2.24, 2.45) is 0 Å². The third-order valence-electron chi connectivity index (χ3n) is 4.95. The highest BCUT2D eigenvalue weighted by Crippen LogP contribution is 2.23. The molecule has 0 aliphatic heterocycles. The molecule has 31 heavy (non-hydrogen) atoms. The van der Waals surface area contributed by atoms with Crippen LogP contribution in [0.3, 0.4) is 0 Å². The third kappa shape index (κ3) is 4.15. The second kappa shape index (κ2) is 8.23. The first-order valence-corrected chi connectivity index (χ1v) is 10.9. The normalized spacial score (nSPS) is 11.2. The number of thiophene rings is 1. The molecule has 0 amide bonds. The number of anilines is 1. The highest BCUT2D eigenvalue weighted by atomic mass is 32.1. The van der Waals surface area contributed by atoms with E-state index in [1.54, 1.807) is 15.9 Å². The third-order valence-corrected chi connectivity index (χ3v) is 5.63. The summed E-state index contributed by atoms with van der Waals surface area (Å²) in [5, 5.41) is 17.6. The minimum absolute atomic E-state index is 0.617. The molecule has 7 nitrogen and oxygen atoms in total. The van der Waals surface area contributed by atoms with Crippen LogP contribution in [0.2, 0.25) is 0 Å². The highest BCUT2D eigenvalue weighted by Gasteiger charge is 2.16. The van der Waals surface area contributed by atoms with Gasteiger partial charge in [0.2, 0.25) is 0 Å². The smallest absolute Gasteiger partial charge is 0.186 e. The fourth-order valence-electron chi connectivity index (χ4n) is 3.50. The lowest BCUT2D eigenvalue weighted by Gasteiger charge is -2.23. The predicted octanol–water partition coefficient (Wildman–Crippen LogP) is 4.47. The zero-order valence-corrected chi connectivity index (χ0v) is 18.1. The Morgan fingerprint density at radius 3 is 2.16 bits per heavy atom. The van der Waals surface area contributed by atoms with Gasteiger partial charge >= 0.3 is 0 Å². The Balaban J connectivity index is 1.56. The zero-order chi connectivity index (χ0) is 21.2. The van der Waals surface area contributed by atoms with Crippen molar-refractivity contribution < 1.29 is 0 Å². The van der Waals surface area contributed by atoms with E-state index in [2.05, 4.69) is 30.4 Å². The van der Waals surface area contributed by atoms with Crippen LogP contribution in [0.5, 0.6) is 0 Å². The Labute approximate surface area is 184 Å². The molecule has 0 fully saturated rings. The average molecular weight is 428 g/mol. The Morgan fingerprint density at radius 1 is 0.839 bits per heavy atom. The Hall–Kier alpha value is -3.65. The molecule has 0 unspecified atom stereocenters. The van der Waals surface area contributed by atoms with Crippen LogP contribution in [0.1, 0.15) is 22.8 Å². The molecule has 5 rings (SSSR count). The number of nitrogens with zero attached hydrogens (tertiary/aromatic N) is 7. The molecule has 0 aliphatic carbocycles. The van der Waals surface area contributed by atoms with E-state index in [-0.39, 0.29) is 0 Å². The fraction of sp³-hybridized carbons (Fsp3) is 0.174. The van der Waals surface area contributed by atoms with Crippen LogP contribution >= 0.6 is 11.3 Å². The van der Waals surface area contributed by atoms with E-state index in [0.29, 0.717) is 18.7 Å². The van der Waals surface area contributed by atoms with Crippen LogP contribution in [0.25, 0.3) is 17.0 Å². The van der Waals surface area contributed by atoms with Gasteiger partial charge in [0.05, 0.1) is 24.5 Å². The van der Waals surface area contributed by atoms with Crippen LogP contribution in [-0.4, -0.2) is 29.8 Å². The molecular weight excluding hydrogens is 406 g/mol. The molecular formula is C23H21N7S. The molecule has 0 atom stereocenters. The van der Waals surface area contributed by atoms with E-state index >= 15 is 0 Å². The van der Waals surface area contributed by atoms with Crippen molar-refractivity contribution in [3.63, 3.8) is 0 Å². The topological polar surface area (TPSA) is 72.1 Å². The lowest BCUT2D eigenvalue weighted by molar-refractivity contribution is 0.731. The van der Waals surface area contributed by atoms with Crippen LogP contribution in [0.15, 0.2) is 65.4 Å². The van der Waals surface area contributed by atoms with Crippen LogP contribution in [-0.2, 0) is 13.1 Å². The van der Waals surface area contributed by atoms with Crippen LogP contribution < -0.4 is 4.90 Å². The Kier molecular flexibility index (Phi) is 5.13. The number of hydrogen-bond donors (Lipinski definition) is 0. The van der Waals surface area contributed by atoms with E-state index in [1.165, 1.54) is 0 Å². The Morgan fingerprint density at radius 2 is 1.55 bits per heavy atom. The van der Waals surface area contributed by atoms with Gasteiger partial charge in [-0.05, 0) is 61.7 Å². The van der Waals surface area contributed by atoms with Gasteiger partial charge in [-0.3, -0.25) is 9.97 Å². The summed E-state index contributed by atoms with van der Waals surface area (Å²) in [6, 6.07) is 18.1. The molecule has 0 aliphatic rings. The Bertz CT molecular complexity index is 1280. The second-order valence-electron chi connectivity index (χ2n) is 7.39. The standard InChI is InChI=1S/C23H21N7S/c1-16-5-3-7-19(24-16)13-29(14-20-8-4-6-17(2)25-20)22-10-9-21-26-27-23(30(21)28-22)18-11-12-31-15-18/h3-12,15H,13-14H2,1-2H3. The SMILES string of the molecule is Cc1cccc(CN(Cc2cccc(C)n2)c2ccc3nnc(-c4ccsc4)n3n2)n1. The van der Waals surface area contributed by atoms with Crippen molar-refractivity contribution in [2.45, 2.75) is 26.9 Å². The molecule has 0 spiro atoms. The maximum Gasteiger partial charge on any atom is 0.186 e. The summed E-state index contributed by atoms with van der Waals surface area (Å²) in [6.07, 6.45) is 0. The average Bonchev–Trinajstić information content (AvgIpc) is 3.42. The van der Waals surface area contributed by atoms with Gasteiger partial charge in [-0.15, -0.1) is 15.3 Å². The zero-order valence-electron chi connectivity index (χ0n) is 17.3. The van der Waals surface area contributed by atoms with Crippen LogP contribution in [0, 0.1) is 13.8 Å². The molecule has 154 valence electrons.